The van der Waals surface area contributed by atoms with Crippen LogP contribution in [0.4, 0.5) is 0 Å². The minimum atomic E-state index is -0.701. The van der Waals surface area contributed by atoms with Gasteiger partial charge in [0, 0.05) is 5.56 Å². The van der Waals surface area contributed by atoms with Gasteiger partial charge in [-0.15, -0.1) is 0 Å². The van der Waals surface area contributed by atoms with E-state index in [1.807, 2.05) is 30.4 Å². The third-order valence-electron chi connectivity index (χ3n) is 3.61. The number of benzene rings is 2. The van der Waals surface area contributed by atoms with Crippen LogP contribution in [-0.4, -0.2) is 27.1 Å². The molecule has 0 amide bonds. The molecule has 122 valence electrons. The van der Waals surface area contributed by atoms with Crippen LogP contribution in [0.5, 0.6) is 11.5 Å². The van der Waals surface area contributed by atoms with Crippen LogP contribution in [0.25, 0.3) is 11.1 Å². The molecule has 4 nitrogen and oxygen atoms in total. The summed E-state index contributed by atoms with van der Waals surface area (Å²) in [5, 5.41) is 20.4. The topological polar surface area (TPSA) is 66.8 Å². The molecule has 5 heteroatoms. The van der Waals surface area contributed by atoms with Crippen molar-refractivity contribution < 1.29 is 19.7 Å². The Balaban J connectivity index is 1.91. The Bertz CT molecular complexity index is 798. The molecule has 2 N–H and O–H groups in total. The normalized spacial score (nSPS) is 19.2. The Kier molecular flexibility index (Phi) is 4.71. The first kappa shape index (κ1) is 16.3. The Morgan fingerprint density at radius 1 is 1.00 bits per heavy atom. The summed E-state index contributed by atoms with van der Waals surface area (Å²) in [5.41, 5.74) is 0.994. The number of esters is 1. The van der Waals surface area contributed by atoms with E-state index in [0.29, 0.717) is 11.1 Å². The van der Waals surface area contributed by atoms with Crippen molar-refractivity contribution >= 4 is 21.9 Å². The standard InChI is InChI=1S/C19H15BrO4/c20-13-6-8-15(9-7-13)24-19(23)17-11-14(21)10-16(18(17)22)12-4-2-1-3-5-12/h1-11,13,15,21-22H. The summed E-state index contributed by atoms with van der Waals surface area (Å²) >= 11 is 3.40. The lowest BCUT2D eigenvalue weighted by Crippen LogP contribution is -2.17. The monoisotopic (exact) mass is 386 g/mol. The zero-order valence-electron chi connectivity index (χ0n) is 12.6. The lowest BCUT2D eigenvalue weighted by Gasteiger charge is -2.16. The number of phenolic OH excluding ortho intramolecular Hbond substituents is 2. The number of phenols is 2. The molecule has 0 saturated heterocycles. The molecule has 0 bridgehead atoms. The van der Waals surface area contributed by atoms with Gasteiger partial charge in [-0.3, -0.25) is 0 Å². The molecule has 3 rings (SSSR count). The van der Waals surface area contributed by atoms with Crippen molar-refractivity contribution in [3.05, 3.63) is 72.3 Å². The molecule has 0 radical (unpaired) electrons. The van der Waals surface area contributed by atoms with E-state index < -0.39 is 12.1 Å². The van der Waals surface area contributed by atoms with Crippen LogP contribution >= 0.6 is 15.9 Å². The molecule has 2 aromatic carbocycles. The number of rotatable bonds is 3. The van der Waals surface area contributed by atoms with Crippen LogP contribution < -0.4 is 0 Å². The van der Waals surface area contributed by atoms with E-state index in [4.69, 9.17) is 4.74 Å². The van der Waals surface area contributed by atoms with Crippen LogP contribution in [0, 0.1) is 0 Å². The van der Waals surface area contributed by atoms with Crippen molar-refractivity contribution in [3.8, 4) is 22.6 Å². The molecule has 24 heavy (non-hydrogen) atoms. The maximum absolute atomic E-state index is 12.4. The minimum Gasteiger partial charge on any atom is -0.508 e. The highest BCUT2D eigenvalue weighted by molar-refractivity contribution is 9.09. The molecule has 0 aromatic heterocycles. The molecule has 1 aliphatic carbocycles. The molecule has 0 fully saturated rings. The predicted molar refractivity (Wildman–Crippen MR) is 95.4 cm³/mol. The number of carbonyl (C=O) groups excluding carboxylic acids is 1. The number of carbonyl (C=O) groups is 1. The van der Waals surface area contributed by atoms with Gasteiger partial charge in [-0.05, 0) is 29.8 Å². The number of ether oxygens (including phenoxy) is 1. The number of aromatic hydroxyl groups is 2. The number of hydrogen-bond donors (Lipinski definition) is 2. The fourth-order valence-corrected chi connectivity index (χ4v) is 2.79. The Morgan fingerprint density at radius 2 is 1.67 bits per heavy atom. The average molecular weight is 387 g/mol. The lowest BCUT2D eigenvalue weighted by molar-refractivity contribution is 0.0458. The highest BCUT2D eigenvalue weighted by Crippen LogP contribution is 2.36. The molecular formula is C19H15BrO4. The van der Waals surface area contributed by atoms with E-state index >= 15 is 0 Å². The number of alkyl halides is 1. The maximum atomic E-state index is 12.4. The lowest BCUT2D eigenvalue weighted by atomic mass is 10.0. The van der Waals surface area contributed by atoms with Gasteiger partial charge in [-0.1, -0.05) is 58.4 Å². The Hall–Kier alpha value is -2.53. The predicted octanol–water partition coefficient (Wildman–Crippen LogP) is 4.18. The zero-order valence-corrected chi connectivity index (χ0v) is 14.2. The summed E-state index contributed by atoms with van der Waals surface area (Å²) in [6.07, 6.45) is 6.70. The second-order valence-corrected chi connectivity index (χ2v) is 6.40. The third-order valence-corrected chi connectivity index (χ3v) is 4.22. The van der Waals surface area contributed by atoms with Gasteiger partial charge in [-0.25, -0.2) is 4.79 Å². The van der Waals surface area contributed by atoms with Crippen LogP contribution in [0.1, 0.15) is 10.4 Å². The summed E-state index contributed by atoms with van der Waals surface area (Å²) < 4.78 is 5.35. The molecule has 0 spiro atoms. The summed E-state index contributed by atoms with van der Waals surface area (Å²) in [4.78, 5) is 12.5. The molecule has 1 aliphatic rings. The molecule has 0 heterocycles. The smallest absolute Gasteiger partial charge is 0.342 e. The number of allylic oxidation sites excluding steroid dienone is 2. The van der Waals surface area contributed by atoms with Crippen LogP contribution in [0.15, 0.2) is 66.8 Å². The van der Waals surface area contributed by atoms with Crippen molar-refractivity contribution in [2.75, 3.05) is 0 Å². The zero-order chi connectivity index (χ0) is 17.1. The SMILES string of the molecule is O=C(OC1C=CC(Br)C=C1)c1cc(O)cc(-c2ccccc2)c1O. The molecule has 0 atom stereocenters. The third kappa shape index (κ3) is 3.51. The minimum absolute atomic E-state index is 0.0726. The Labute approximate surface area is 147 Å². The van der Waals surface area contributed by atoms with Crippen LogP contribution in [0.3, 0.4) is 0 Å². The van der Waals surface area contributed by atoms with E-state index in [0.717, 1.165) is 0 Å². The van der Waals surface area contributed by atoms with E-state index in [1.54, 1.807) is 24.3 Å². The van der Waals surface area contributed by atoms with E-state index in [9.17, 15) is 15.0 Å². The highest BCUT2D eigenvalue weighted by atomic mass is 79.9. The van der Waals surface area contributed by atoms with Gasteiger partial charge in [0.2, 0.25) is 0 Å². The summed E-state index contributed by atoms with van der Waals surface area (Å²) in [5.74, 6) is -1.03. The van der Waals surface area contributed by atoms with Gasteiger partial charge < -0.3 is 14.9 Å². The first-order chi connectivity index (χ1) is 11.5. The Morgan fingerprint density at radius 3 is 2.33 bits per heavy atom. The van der Waals surface area contributed by atoms with Gasteiger partial charge in [0.05, 0.1) is 4.83 Å². The molecule has 0 saturated carbocycles. The summed E-state index contributed by atoms with van der Waals surface area (Å²) in [6, 6.07) is 11.7. The molecule has 2 aromatic rings. The van der Waals surface area contributed by atoms with E-state index in [-0.39, 0.29) is 21.9 Å². The van der Waals surface area contributed by atoms with Gasteiger partial charge in [0.1, 0.15) is 23.2 Å². The quantitative estimate of drug-likeness (QED) is 0.359. The van der Waals surface area contributed by atoms with E-state index in [1.165, 1.54) is 12.1 Å². The molecule has 0 unspecified atom stereocenters. The largest absolute Gasteiger partial charge is 0.508 e. The van der Waals surface area contributed by atoms with Crippen molar-refractivity contribution in [2.45, 2.75) is 10.9 Å². The highest BCUT2D eigenvalue weighted by Gasteiger charge is 2.21. The van der Waals surface area contributed by atoms with Crippen molar-refractivity contribution in [2.24, 2.45) is 0 Å². The second-order valence-electron chi connectivity index (χ2n) is 5.34. The average Bonchev–Trinajstić information content (AvgIpc) is 2.59. The fourth-order valence-electron chi connectivity index (χ4n) is 2.44. The summed E-state index contributed by atoms with van der Waals surface area (Å²) in [7, 11) is 0. The molecular weight excluding hydrogens is 372 g/mol. The van der Waals surface area contributed by atoms with Crippen LogP contribution in [0.2, 0.25) is 0 Å². The number of hydrogen-bond acceptors (Lipinski definition) is 4. The maximum Gasteiger partial charge on any atom is 0.342 e. The van der Waals surface area contributed by atoms with Crippen LogP contribution in [-0.2, 0) is 4.74 Å². The second kappa shape index (κ2) is 6.93. The van der Waals surface area contributed by atoms with Gasteiger partial charge in [0.15, 0.2) is 0 Å². The number of halogens is 1. The first-order valence-electron chi connectivity index (χ1n) is 7.37. The molecule has 0 aliphatic heterocycles. The van der Waals surface area contributed by atoms with Crippen molar-refractivity contribution in [3.63, 3.8) is 0 Å². The van der Waals surface area contributed by atoms with Gasteiger partial charge in [-0.2, -0.15) is 0 Å². The van der Waals surface area contributed by atoms with Crippen molar-refractivity contribution in [1.82, 2.24) is 0 Å². The van der Waals surface area contributed by atoms with Crippen molar-refractivity contribution in [1.29, 1.82) is 0 Å². The van der Waals surface area contributed by atoms with E-state index in [2.05, 4.69) is 15.9 Å². The first-order valence-corrected chi connectivity index (χ1v) is 8.29. The van der Waals surface area contributed by atoms with Gasteiger partial charge >= 0.3 is 5.97 Å². The fraction of sp³-hybridized carbons (Fsp3) is 0.105. The van der Waals surface area contributed by atoms with Gasteiger partial charge in [0.25, 0.3) is 0 Å². The summed E-state index contributed by atoms with van der Waals surface area (Å²) in [6.45, 7) is 0.